The van der Waals surface area contributed by atoms with Gasteiger partial charge in [0.05, 0.1) is 23.4 Å². The minimum Gasteiger partial charge on any atom is -0.327 e. The summed E-state index contributed by atoms with van der Waals surface area (Å²) < 4.78 is 2.32. The van der Waals surface area contributed by atoms with E-state index in [2.05, 4.69) is 64.7 Å². The molecule has 1 aliphatic rings. The summed E-state index contributed by atoms with van der Waals surface area (Å²) in [5, 5.41) is 0. The normalized spacial score (nSPS) is 16.8. The fourth-order valence-corrected chi connectivity index (χ4v) is 4.19. The Morgan fingerprint density at radius 3 is 2.41 bits per heavy atom. The Kier molecular flexibility index (Phi) is 6.07. The molecule has 0 unspecified atom stereocenters. The Hall–Kier alpha value is -2.50. The van der Waals surface area contributed by atoms with Crippen LogP contribution in [-0.4, -0.2) is 63.6 Å². The second-order valence-electron chi connectivity index (χ2n) is 8.03. The minimum absolute atomic E-state index is 0.505. The van der Waals surface area contributed by atoms with E-state index >= 15 is 0 Å². The topological polar surface area (TPSA) is 37.2 Å². The Bertz CT molecular complexity index is 925. The van der Waals surface area contributed by atoms with Gasteiger partial charge in [-0.1, -0.05) is 43.3 Å². The quantitative estimate of drug-likeness (QED) is 0.640. The van der Waals surface area contributed by atoms with E-state index in [0.29, 0.717) is 6.04 Å². The van der Waals surface area contributed by atoms with Crippen LogP contribution in [0.4, 0.5) is 0 Å². The molecule has 1 aromatic carbocycles. The van der Waals surface area contributed by atoms with Crippen LogP contribution >= 0.6 is 0 Å². The third-order valence-electron chi connectivity index (χ3n) is 5.95. The van der Waals surface area contributed by atoms with Crippen molar-refractivity contribution in [2.45, 2.75) is 32.9 Å². The van der Waals surface area contributed by atoms with Gasteiger partial charge in [0.25, 0.3) is 0 Å². The van der Waals surface area contributed by atoms with Crippen molar-refractivity contribution in [1.29, 1.82) is 0 Å². The molecule has 0 amide bonds. The fourth-order valence-electron chi connectivity index (χ4n) is 4.19. The van der Waals surface area contributed by atoms with Crippen molar-refractivity contribution < 1.29 is 0 Å². The second-order valence-corrected chi connectivity index (χ2v) is 8.03. The lowest BCUT2D eigenvalue weighted by Crippen LogP contribution is -2.50. The zero-order chi connectivity index (χ0) is 20.2. The Balaban J connectivity index is 1.70. The van der Waals surface area contributed by atoms with Crippen LogP contribution in [0.2, 0.25) is 0 Å². The van der Waals surface area contributed by atoms with E-state index < -0.39 is 0 Å². The van der Waals surface area contributed by atoms with E-state index in [1.54, 1.807) is 0 Å². The lowest BCUT2D eigenvalue weighted by atomic mass is 10.1. The number of benzene rings is 1. The molecule has 0 N–H and O–H groups in total. The van der Waals surface area contributed by atoms with E-state index in [-0.39, 0.29) is 0 Å². The summed E-state index contributed by atoms with van der Waals surface area (Å²) >= 11 is 0. The number of aryl methyl sites for hydroxylation is 1. The number of pyridine rings is 1. The first-order chi connectivity index (χ1) is 14.2. The Morgan fingerprint density at radius 2 is 1.72 bits per heavy atom. The third kappa shape index (κ3) is 4.41. The molecule has 5 nitrogen and oxygen atoms in total. The number of aromatic nitrogens is 3. The number of hydrogen-bond acceptors (Lipinski definition) is 4. The summed E-state index contributed by atoms with van der Waals surface area (Å²) in [6.45, 7) is 9.82. The molecule has 1 saturated heterocycles. The monoisotopic (exact) mass is 389 g/mol. The molecule has 1 fully saturated rings. The molecular weight excluding hydrogens is 358 g/mol. The molecule has 3 aromatic rings. The molecule has 29 heavy (non-hydrogen) atoms. The summed E-state index contributed by atoms with van der Waals surface area (Å²) in [6.07, 6.45) is 3.13. The largest absolute Gasteiger partial charge is 0.327 e. The van der Waals surface area contributed by atoms with E-state index in [4.69, 9.17) is 9.97 Å². The number of imidazole rings is 1. The van der Waals surface area contributed by atoms with Crippen LogP contribution in [0.15, 0.2) is 54.9 Å². The van der Waals surface area contributed by atoms with Crippen molar-refractivity contribution in [3.05, 3.63) is 60.6 Å². The molecule has 0 radical (unpaired) electrons. The van der Waals surface area contributed by atoms with Crippen LogP contribution in [-0.2, 0) is 6.54 Å². The van der Waals surface area contributed by atoms with Gasteiger partial charge in [-0.3, -0.25) is 9.88 Å². The maximum Gasteiger partial charge on any atom is 0.0979 e. The van der Waals surface area contributed by atoms with Crippen LogP contribution in [0.25, 0.3) is 22.6 Å². The maximum absolute atomic E-state index is 4.84. The molecule has 1 aliphatic heterocycles. The van der Waals surface area contributed by atoms with Crippen molar-refractivity contribution in [2.75, 3.05) is 33.2 Å². The molecule has 2 aromatic heterocycles. The highest BCUT2D eigenvalue weighted by Crippen LogP contribution is 2.31. The first-order valence-corrected chi connectivity index (χ1v) is 10.6. The molecule has 0 aliphatic carbocycles. The van der Waals surface area contributed by atoms with Crippen LogP contribution < -0.4 is 0 Å². The van der Waals surface area contributed by atoms with Gasteiger partial charge in [-0.05, 0) is 32.5 Å². The van der Waals surface area contributed by atoms with Crippen LogP contribution in [0.3, 0.4) is 0 Å². The van der Waals surface area contributed by atoms with Gasteiger partial charge in [-0.25, -0.2) is 4.98 Å². The van der Waals surface area contributed by atoms with Gasteiger partial charge in [-0.2, -0.15) is 0 Å². The highest BCUT2D eigenvalue weighted by atomic mass is 15.3. The maximum atomic E-state index is 4.84. The van der Waals surface area contributed by atoms with Gasteiger partial charge in [0.15, 0.2) is 0 Å². The average Bonchev–Trinajstić information content (AvgIpc) is 3.17. The van der Waals surface area contributed by atoms with Gasteiger partial charge in [-0.15, -0.1) is 0 Å². The number of likely N-dealkylation sites (N-methyl/N-ethyl adjacent to an activating group) is 1. The molecule has 0 saturated carbocycles. The smallest absolute Gasteiger partial charge is 0.0979 e. The molecular formula is C24H31N5. The van der Waals surface area contributed by atoms with Gasteiger partial charge in [0.1, 0.15) is 0 Å². The predicted molar refractivity (Wildman–Crippen MR) is 119 cm³/mol. The van der Waals surface area contributed by atoms with Gasteiger partial charge < -0.3 is 9.47 Å². The zero-order valence-corrected chi connectivity index (χ0v) is 17.8. The highest BCUT2D eigenvalue weighted by Gasteiger charge is 2.24. The third-order valence-corrected chi connectivity index (χ3v) is 5.95. The van der Waals surface area contributed by atoms with Crippen LogP contribution in [0, 0.1) is 6.92 Å². The Morgan fingerprint density at radius 1 is 0.966 bits per heavy atom. The first-order valence-electron chi connectivity index (χ1n) is 10.6. The van der Waals surface area contributed by atoms with Crippen molar-refractivity contribution in [1.82, 2.24) is 24.3 Å². The summed E-state index contributed by atoms with van der Waals surface area (Å²) in [5.74, 6) is 0. The fraction of sp³-hybridized carbons (Fsp3) is 0.417. The zero-order valence-electron chi connectivity index (χ0n) is 17.8. The number of rotatable bonds is 6. The van der Waals surface area contributed by atoms with Crippen molar-refractivity contribution in [2.24, 2.45) is 0 Å². The lowest BCUT2D eigenvalue weighted by molar-refractivity contribution is 0.100. The number of hydrogen-bond donors (Lipinski definition) is 0. The number of nitrogens with zero attached hydrogens (tertiary/aromatic N) is 5. The van der Waals surface area contributed by atoms with Crippen molar-refractivity contribution in [3.63, 3.8) is 0 Å². The minimum atomic E-state index is 0.505. The van der Waals surface area contributed by atoms with Gasteiger partial charge >= 0.3 is 0 Å². The molecule has 1 atom stereocenters. The van der Waals surface area contributed by atoms with Crippen LogP contribution in [0.1, 0.15) is 19.0 Å². The summed E-state index contributed by atoms with van der Waals surface area (Å²) in [6, 6.07) is 17.2. The molecule has 152 valence electrons. The molecule has 3 heterocycles. The lowest BCUT2D eigenvalue weighted by Gasteiger charge is -2.38. The van der Waals surface area contributed by atoms with E-state index in [1.807, 2.05) is 25.4 Å². The summed E-state index contributed by atoms with van der Waals surface area (Å²) in [4.78, 5) is 14.7. The van der Waals surface area contributed by atoms with E-state index in [0.717, 1.165) is 67.5 Å². The van der Waals surface area contributed by atoms with Crippen LogP contribution in [0.5, 0.6) is 0 Å². The molecule has 0 bridgehead atoms. The SMILES string of the molecule is CC[C@H](Cn1cnc(-c2ccccc2)c1-c1cccc(C)n1)N1CCN(C)CC1. The first kappa shape index (κ1) is 19.8. The highest BCUT2D eigenvalue weighted by molar-refractivity contribution is 5.76. The molecule has 4 rings (SSSR count). The molecule has 5 heteroatoms. The van der Waals surface area contributed by atoms with Crippen molar-refractivity contribution >= 4 is 0 Å². The van der Waals surface area contributed by atoms with Crippen molar-refractivity contribution in [3.8, 4) is 22.6 Å². The molecule has 0 spiro atoms. The van der Waals surface area contributed by atoms with Gasteiger partial charge in [0, 0.05) is 50.0 Å². The average molecular weight is 390 g/mol. The Labute approximate surface area is 174 Å². The van der Waals surface area contributed by atoms with Gasteiger partial charge in [0.2, 0.25) is 0 Å². The number of piperazine rings is 1. The second kappa shape index (κ2) is 8.89. The summed E-state index contributed by atoms with van der Waals surface area (Å²) in [5.41, 5.74) is 5.29. The predicted octanol–water partition coefficient (Wildman–Crippen LogP) is 3.95. The van der Waals surface area contributed by atoms with E-state index in [9.17, 15) is 0 Å². The standard InChI is InChI=1S/C24H31N5/c1-4-21(28-15-13-27(3)14-16-28)17-29-18-25-23(20-10-6-5-7-11-20)24(29)22-12-8-9-19(2)26-22/h5-12,18,21H,4,13-17H2,1-3H3/t21-/m1/s1. The van der Waals surface area contributed by atoms with E-state index in [1.165, 1.54) is 0 Å². The summed E-state index contributed by atoms with van der Waals surface area (Å²) in [7, 11) is 2.21.